The Balaban J connectivity index is 2.15. The van der Waals surface area contributed by atoms with Crippen LogP contribution in [0.1, 0.15) is 18.5 Å². The third-order valence-electron chi connectivity index (χ3n) is 3.44. The Morgan fingerprint density at radius 2 is 2.50 bits per heavy atom. The van der Waals surface area contributed by atoms with Crippen LogP contribution >= 0.6 is 0 Å². The van der Waals surface area contributed by atoms with Crippen LogP contribution in [0.2, 0.25) is 0 Å². The highest BCUT2D eigenvalue weighted by atomic mass is 16.1. The second-order valence-corrected chi connectivity index (χ2v) is 4.57. The fourth-order valence-electron chi connectivity index (χ4n) is 2.49. The zero-order valence-electron chi connectivity index (χ0n) is 10.7. The molecule has 0 saturated carbocycles. The Morgan fingerprint density at radius 1 is 1.67 bits per heavy atom. The molecular weight excluding hydrogens is 228 g/mol. The lowest BCUT2D eigenvalue weighted by atomic mass is 9.96. The van der Waals surface area contributed by atoms with E-state index in [1.807, 2.05) is 12.1 Å². The van der Waals surface area contributed by atoms with Crippen molar-refractivity contribution in [2.45, 2.75) is 19.4 Å². The van der Waals surface area contributed by atoms with E-state index >= 15 is 0 Å². The van der Waals surface area contributed by atoms with Gasteiger partial charge in [0.15, 0.2) is 0 Å². The van der Waals surface area contributed by atoms with Gasteiger partial charge in [0.1, 0.15) is 0 Å². The highest BCUT2D eigenvalue weighted by Gasteiger charge is 2.26. The summed E-state index contributed by atoms with van der Waals surface area (Å²) in [6.45, 7) is 2.14. The Labute approximate surface area is 107 Å². The maximum absolute atomic E-state index is 11.7. The van der Waals surface area contributed by atoms with Crippen molar-refractivity contribution in [3.63, 3.8) is 0 Å². The van der Waals surface area contributed by atoms with Crippen molar-refractivity contribution in [1.82, 2.24) is 10.3 Å². The number of anilines is 1. The van der Waals surface area contributed by atoms with Gasteiger partial charge in [-0.05, 0) is 25.0 Å². The number of carbonyl (C=O) groups is 1. The van der Waals surface area contributed by atoms with Crippen molar-refractivity contribution in [3.8, 4) is 0 Å². The zero-order valence-corrected chi connectivity index (χ0v) is 10.7. The van der Waals surface area contributed by atoms with Crippen LogP contribution in [-0.4, -0.2) is 31.0 Å². The largest absolute Gasteiger partial charge is 0.369 e. The third-order valence-corrected chi connectivity index (χ3v) is 3.44. The van der Waals surface area contributed by atoms with Crippen molar-refractivity contribution in [2.24, 2.45) is 11.7 Å². The second-order valence-electron chi connectivity index (χ2n) is 4.57. The van der Waals surface area contributed by atoms with Crippen LogP contribution in [0.4, 0.5) is 5.69 Å². The number of piperidine rings is 1. The van der Waals surface area contributed by atoms with Crippen molar-refractivity contribution in [3.05, 3.63) is 24.0 Å². The summed E-state index contributed by atoms with van der Waals surface area (Å²) in [5.41, 5.74) is 7.67. The van der Waals surface area contributed by atoms with Gasteiger partial charge >= 0.3 is 0 Å². The molecule has 1 unspecified atom stereocenters. The molecule has 0 spiro atoms. The van der Waals surface area contributed by atoms with Crippen LogP contribution < -0.4 is 16.0 Å². The Morgan fingerprint density at radius 3 is 3.22 bits per heavy atom. The molecule has 1 aromatic rings. The number of aromatic nitrogens is 1. The standard InChI is InChI=1S/C13H20N4O/c1-15-13(18)10-4-3-7-17(9-10)12-5-2-6-16-11(12)8-14/h2,5-6,10H,3-4,7-9,14H2,1H3,(H,15,18). The molecular formula is C13H20N4O. The SMILES string of the molecule is CNC(=O)C1CCCN(c2cccnc2CN)C1. The number of pyridine rings is 1. The molecule has 1 atom stereocenters. The van der Waals surface area contributed by atoms with E-state index in [1.54, 1.807) is 13.2 Å². The molecule has 1 saturated heterocycles. The molecule has 2 rings (SSSR count). The van der Waals surface area contributed by atoms with Crippen LogP contribution in [0, 0.1) is 5.92 Å². The third kappa shape index (κ3) is 2.61. The molecule has 0 aliphatic carbocycles. The highest BCUT2D eigenvalue weighted by molar-refractivity contribution is 5.79. The monoisotopic (exact) mass is 248 g/mol. The molecule has 98 valence electrons. The van der Waals surface area contributed by atoms with E-state index in [0.717, 1.165) is 37.3 Å². The molecule has 2 heterocycles. The van der Waals surface area contributed by atoms with Crippen molar-refractivity contribution in [1.29, 1.82) is 0 Å². The summed E-state index contributed by atoms with van der Waals surface area (Å²) in [7, 11) is 1.69. The summed E-state index contributed by atoms with van der Waals surface area (Å²) in [6.07, 6.45) is 3.73. The summed E-state index contributed by atoms with van der Waals surface area (Å²) in [5, 5.41) is 2.73. The van der Waals surface area contributed by atoms with Gasteiger partial charge in [-0.25, -0.2) is 0 Å². The highest BCUT2D eigenvalue weighted by Crippen LogP contribution is 2.25. The molecule has 5 nitrogen and oxygen atoms in total. The minimum Gasteiger partial charge on any atom is -0.369 e. The molecule has 1 aliphatic rings. The summed E-state index contributed by atoms with van der Waals surface area (Å²) in [6, 6.07) is 3.94. The number of nitrogens with zero attached hydrogens (tertiary/aromatic N) is 2. The maximum atomic E-state index is 11.7. The summed E-state index contributed by atoms with van der Waals surface area (Å²) in [4.78, 5) is 18.2. The van der Waals surface area contributed by atoms with Gasteiger partial charge in [0.25, 0.3) is 0 Å². The first-order chi connectivity index (χ1) is 8.76. The Kier molecular flexibility index (Phi) is 4.15. The molecule has 0 bridgehead atoms. The molecule has 1 amide bonds. The lowest BCUT2D eigenvalue weighted by Gasteiger charge is -2.34. The number of amides is 1. The smallest absolute Gasteiger partial charge is 0.224 e. The number of nitrogens with two attached hydrogens (primary N) is 1. The number of hydrogen-bond acceptors (Lipinski definition) is 4. The molecule has 1 aliphatic heterocycles. The molecule has 18 heavy (non-hydrogen) atoms. The summed E-state index contributed by atoms with van der Waals surface area (Å²) >= 11 is 0. The normalized spacial score (nSPS) is 19.7. The van der Waals surface area contributed by atoms with Gasteiger partial charge in [-0.1, -0.05) is 0 Å². The van der Waals surface area contributed by atoms with Crippen molar-refractivity contribution in [2.75, 3.05) is 25.0 Å². The molecule has 0 radical (unpaired) electrons. The topological polar surface area (TPSA) is 71.2 Å². The van der Waals surface area contributed by atoms with Crippen LogP contribution in [0.15, 0.2) is 18.3 Å². The van der Waals surface area contributed by atoms with Crippen molar-refractivity contribution >= 4 is 11.6 Å². The van der Waals surface area contributed by atoms with Gasteiger partial charge in [-0.2, -0.15) is 0 Å². The van der Waals surface area contributed by atoms with Gasteiger partial charge < -0.3 is 16.0 Å². The van der Waals surface area contributed by atoms with Crippen LogP contribution in [0.5, 0.6) is 0 Å². The van der Waals surface area contributed by atoms with Gasteiger partial charge in [0.05, 0.1) is 17.3 Å². The van der Waals surface area contributed by atoms with Gasteiger partial charge in [0, 0.05) is 32.9 Å². The van der Waals surface area contributed by atoms with E-state index in [1.165, 1.54) is 0 Å². The Hall–Kier alpha value is -1.62. The molecule has 1 aromatic heterocycles. The minimum atomic E-state index is 0.0644. The van der Waals surface area contributed by atoms with E-state index < -0.39 is 0 Å². The molecule has 1 fully saturated rings. The molecule has 5 heteroatoms. The second kappa shape index (κ2) is 5.82. The number of carbonyl (C=O) groups excluding carboxylic acids is 1. The number of rotatable bonds is 3. The molecule has 0 aromatic carbocycles. The van der Waals surface area contributed by atoms with E-state index in [0.29, 0.717) is 6.54 Å². The Bertz CT molecular complexity index is 421. The lowest BCUT2D eigenvalue weighted by molar-refractivity contribution is -0.124. The van der Waals surface area contributed by atoms with Gasteiger partial charge in [0.2, 0.25) is 5.91 Å². The predicted molar refractivity (Wildman–Crippen MR) is 71.1 cm³/mol. The lowest BCUT2D eigenvalue weighted by Crippen LogP contribution is -2.42. The maximum Gasteiger partial charge on any atom is 0.224 e. The summed E-state index contributed by atoms with van der Waals surface area (Å²) in [5.74, 6) is 0.187. The first-order valence-corrected chi connectivity index (χ1v) is 6.36. The van der Waals surface area contributed by atoms with Crippen LogP contribution in [-0.2, 0) is 11.3 Å². The fourth-order valence-corrected chi connectivity index (χ4v) is 2.49. The van der Waals surface area contributed by atoms with E-state index in [-0.39, 0.29) is 11.8 Å². The predicted octanol–water partition coefficient (Wildman–Crippen LogP) is 0.503. The average molecular weight is 248 g/mol. The number of nitrogens with one attached hydrogen (secondary N) is 1. The first kappa shape index (κ1) is 12.8. The van der Waals surface area contributed by atoms with Crippen LogP contribution in [0.25, 0.3) is 0 Å². The summed E-state index contributed by atoms with van der Waals surface area (Å²) < 4.78 is 0. The minimum absolute atomic E-state index is 0.0644. The zero-order chi connectivity index (χ0) is 13.0. The average Bonchev–Trinajstić information content (AvgIpc) is 2.46. The van der Waals surface area contributed by atoms with E-state index in [4.69, 9.17) is 5.73 Å². The van der Waals surface area contributed by atoms with E-state index in [2.05, 4.69) is 15.2 Å². The van der Waals surface area contributed by atoms with Crippen LogP contribution in [0.3, 0.4) is 0 Å². The molecule has 3 N–H and O–H groups in total. The first-order valence-electron chi connectivity index (χ1n) is 6.36. The van der Waals surface area contributed by atoms with Gasteiger partial charge in [-0.3, -0.25) is 9.78 Å². The number of hydrogen-bond donors (Lipinski definition) is 2. The van der Waals surface area contributed by atoms with E-state index in [9.17, 15) is 4.79 Å². The van der Waals surface area contributed by atoms with Gasteiger partial charge in [-0.15, -0.1) is 0 Å². The quantitative estimate of drug-likeness (QED) is 0.817. The van der Waals surface area contributed by atoms with Crippen molar-refractivity contribution < 1.29 is 4.79 Å². The fraction of sp³-hybridized carbons (Fsp3) is 0.538.